The summed E-state index contributed by atoms with van der Waals surface area (Å²) in [5.74, 6) is 0.363. The Kier molecular flexibility index (Phi) is 5.01. The van der Waals surface area contributed by atoms with Gasteiger partial charge in [0.05, 0.1) is 12.7 Å². The van der Waals surface area contributed by atoms with E-state index in [4.69, 9.17) is 4.74 Å². The highest BCUT2D eigenvalue weighted by Crippen LogP contribution is 2.34. The van der Waals surface area contributed by atoms with Crippen LogP contribution in [0.25, 0.3) is 0 Å². The van der Waals surface area contributed by atoms with Gasteiger partial charge in [0.15, 0.2) is 0 Å². The summed E-state index contributed by atoms with van der Waals surface area (Å²) in [6, 6.07) is 11.8. The Morgan fingerprint density at radius 2 is 2.00 bits per heavy atom. The molecule has 2 nitrogen and oxygen atoms in total. The fourth-order valence-corrected chi connectivity index (χ4v) is 2.82. The van der Waals surface area contributed by atoms with Gasteiger partial charge in [0.1, 0.15) is 11.6 Å². The van der Waals surface area contributed by atoms with Crippen molar-refractivity contribution in [1.82, 2.24) is 0 Å². The third-order valence-corrected chi connectivity index (χ3v) is 4.17. The Morgan fingerprint density at radius 3 is 2.62 bits per heavy atom. The summed E-state index contributed by atoms with van der Waals surface area (Å²) >= 11 is 3.43. The Hall–Kier alpha value is -1.39. The molecule has 0 heterocycles. The van der Waals surface area contributed by atoms with Gasteiger partial charge >= 0.3 is 0 Å². The highest BCUT2D eigenvalue weighted by Gasteiger charge is 2.29. The summed E-state index contributed by atoms with van der Waals surface area (Å²) in [6.07, 6.45) is 0.835. The molecule has 0 aliphatic rings. The van der Waals surface area contributed by atoms with Crippen LogP contribution in [0.15, 0.2) is 46.9 Å². The van der Waals surface area contributed by atoms with Crippen molar-refractivity contribution in [2.75, 3.05) is 7.11 Å². The Morgan fingerprint density at radius 1 is 1.24 bits per heavy atom. The van der Waals surface area contributed by atoms with E-state index in [2.05, 4.69) is 15.9 Å². The van der Waals surface area contributed by atoms with Crippen LogP contribution in [0.5, 0.6) is 5.75 Å². The van der Waals surface area contributed by atoms with E-state index in [0.29, 0.717) is 24.2 Å². The maximum Gasteiger partial charge on any atom is 0.123 e. The van der Waals surface area contributed by atoms with Gasteiger partial charge in [-0.2, -0.15) is 0 Å². The average molecular weight is 353 g/mol. The number of methoxy groups -OCH3 is 1. The summed E-state index contributed by atoms with van der Waals surface area (Å²) in [4.78, 5) is 0. The van der Waals surface area contributed by atoms with Gasteiger partial charge in [0.2, 0.25) is 0 Å². The van der Waals surface area contributed by atoms with Crippen LogP contribution < -0.4 is 4.74 Å². The second-order valence-electron chi connectivity index (χ2n) is 5.03. The van der Waals surface area contributed by atoms with Crippen molar-refractivity contribution in [2.24, 2.45) is 0 Å². The van der Waals surface area contributed by atoms with Crippen molar-refractivity contribution in [3.63, 3.8) is 0 Å². The van der Waals surface area contributed by atoms with Gasteiger partial charge in [-0.1, -0.05) is 35.0 Å². The van der Waals surface area contributed by atoms with E-state index in [1.54, 1.807) is 19.2 Å². The quantitative estimate of drug-likeness (QED) is 0.861. The molecule has 0 saturated heterocycles. The topological polar surface area (TPSA) is 29.5 Å². The van der Waals surface area contributed by atoms with Crippen molar-refractivity contribution in [1.29, 1.82) is 0 Å². The molecule has 0 fully saturated rings. The van der Waals surface area contributed by atoms with Crippen LogP contribution in [-0.4, -0.2) is 12.2 Å². The fraction of sp³-hybridized carbons (Fsp3) is 0.294. The number of rotatable bonds is 5. The standard InChI is InChI=1S/C17H18BrFO2/c1-3-17(20,13-5-4-6-15(19)10-13)11-12-9-14(18)7-8-16(12)21-2/h4-10,20H,3,11H2,1-2H3. The zero-order chi connectivity index (χ0) is 15.5. The molecular weight excluding hydrogens is 335 g/mol. The predicted molar refractivity (Wildman–Crippen MR) is 85.0 cm³/mol. The molecule has 0 aromatic heterocycles. The smallest absolute Gasteiger partial charge is 0.123 e. The van der Waals surface area contributed by atoms with Crippen LogP contribution in [0.1, 0.15) is 24.5 Å². The number of hydrogen-bond acceptors (Lipinski definition) is 2. The van der Waals surface area contributed by atoms with Crippen molar-refractivity contribution < 1.29 is 14.2 Å². The molecule has 0 saturated carbocycles. The second kappa shape index (κ2) is 6.58. The molecule has 0 bridgehead atoms. The van der Waals surface area contributed by atoms with Gasteiger partial charge in [-0.25, -0.2) is 4.39 Å². The highest BCUT2D eigenvalue weighted by atomic mass is 79.9. The third kappa shape index (κ3) is 3.63. The van der Waals surface area contributed by atoms with Crippen molar-refractivity contribution in [2.45, 2.75) is 25.4 Å². The van der Waals surface area contributed by atoms with Gasteiger partial charge < -0.3 is 9.84 Å². The first-order chi connectivity index (χ1) is 9.98. The van der Waals surface area contributed by atoms with Gasteiger partial charge in [-0.15, -0.1) is 0 Å². The lowest BCUT2D eigenvalue weighted by Gasteiger charge is -2.28. The van der Waals surface area contributed by atoms with Crippen LogP contribution in [0, 0.1) is 5.82 Å². The molecule has 1 N–H and O–H groups in total. The predicted octanol–water partition coefficient (Wildman–Crippen LogP) is 4.44. The second-order valence-corrected chi connectivity index (χ2v) is 5.94. The molecule has 0 aliphatic heterocycles. The minimum atomic E-state index is -1.13. The van der Waals surface area contributed by atoms with Gasteiger partial charge in [-0.3, -0.25) is 0 Å². The minimum Gasteiger partial charge on any atom is -0.496 e. The van der Waals surface area contributed by atoms with E-state index in [0.717, 1.165) is 10.0 Å². The molecule has 112 valence electrons. The molecule has 4 heteroatoms. The maximum absolute atomic E-state index is 13.4. The first-order valence-electron chi connectivity index (χ1n) is 6.79. The summed E-state index contributed by atoms with van der Waals surface area (Å²) in [6.45, 7) is 1.88. The van der Waals surface area contributed by atoms with E-state index in [-0.39, 0.29) is 5.82 Å². The largest absolute Gasteiger partial charge is 0.496 e. The van der Waals surface area contributed by atoms with E-state index >= 15 is 0 Å². The summed E-state index contributed by atoms with van der Waals surface area (Å²) in [7, 11) is 1.60. The Labute approximate surface area is 132 Å². The zero-order valence-electron chi connectivity index (χ0n) is 12.1. The maximum atomic E-state index is 13.4. The number of aliphatic hydroxyl groups is 1. The van der Waals surface area contributed by atoms with E-state index < -0.39 is 5.60 Å². The van der Waals surface area contributed by atoms with Gasteiger partial charge in [0, 0.05) is 10.9 Å². The summed E-state index contributed by atoms with van der Waals surface area (Å²) in [5.41, 5.74) is 0.323. The average Bonchev–Trinajstić information content (AvgIpc) is 2.47. The van der Waals surface area contributed by atoms with E-state index in [9.17, 15) is 9.50 Å². The van der Waals surface area contributed by atoms with Gasteiger partial charge in [-0.05, 0) is 47.9 Å². The third-order valence-electron chi connectivity index (χ3n) is 3.67. The molecule has 0 radical (unpaired) electrons. The molecule has 2 aromatic carbocycles. The normalized spacial score (nSPS) is 13.8. The molecule has 1 unspecified atom stereocenters. The molecule has 2 rings (SSSR count). The zero-order valence-corrected chi connectivity index (χ0v) is 13.7. The van der Waals surface area contributed by atoms with Crippen LogP contribution >= 0.6 is 15.9 Å². The van der Waals surface area contributed by atoms with Crippen molar-refractivity contribution >= 4 is 15.9 Å². The lowest BCUT2D eigenvalue weighted by atomic mass is 9.85. The van der Waals surface area contributed by atoms with Crippen molar-refractivity contribution in [3.05, 3.63) is 63.9 Å². The molecule has 21 heavy (non-hydrogen) atoms. The molecule has 2 aromatic rings. The first-order valence-corrected chi connectivity index (χ1v) is 7.58. The number of benzene rings is 2. The molecule has 1 atom stereocenters. The molecule has 0 aliphatic carbocycles. The SMILES string of the molecule is CCC(O)(Cc1cc(Br)ccc1OC)c1cccc(F)c1. The van der Waals surface area contributed by atoms with Crippen LogP contribution in [-0.2, 0) is 12.0 Å². The molecule has 0 amide bonds. The lowest BCUT2D eigenvalue weighted by molar-refractivity contribution is 0.0318. The number of halogens is 2. The van der Waals surface area contributed by atoms with Crippen LogP contribution in [0.4, 0.5) is 4.39 Å². The Bertz CT molecular complexity index is 630. The highest BCUT2D eigenvalue weighted by molar-refractivity contribution is 9.10. The lowest BCUT2D eigenvalue weighted by Crippen LogP contribution is -2.28. The monoisotopic (exact) mass is 352 g/mol. The number of hydrogen-bond donors (Lipinski definition) is 1. The fourth-order valence-electron chi connectivity index (χ4n) is 2.41. The molecule has 0 spiro atoms. The van der Waals surface area contributed by atoms with Crippen LogP contribution in [0.3, 0.4) is 0 Å². The minimum absolute atomic E-state index is 0.347. The van der Waals surface area contributed by atoms with Crippen LogP contribution in [0.2, 0.25) is 0 Å². The molecular formula is C17H18BrFO2. The Balaban J connectivity index is 2.40. The van der Waals surface area contributed by atoms with Gasteiger partial charge in [0.25, 0.3) is 0 Å². The van der Waals surface area contributed by atoms with Crippen molar-refractivity contribution in [3.8, 4) is 5.75 Å². The first kappa shape index (κ1) is 16.0. The van der Waals surface area contributed by atoms with E-state index in [1.165, 1.54) is 12.1 Å². The summed E-state index contributed by atoms with van der Waals surface area (Å²) in [5, 5.41) is 10.9. The van der Waals surface area contributed by atoms with E-state index in [1.807, 2.05) is 25.1 Å². The number of ether oxygens (including phenoxy) is 1. The summed E-state index contributed by atoms with van der Waals surface area (Å²) < 4.78 is 19.7.